The lowest BCUT2D eigenvalue weighted by molar-refractivity contribution is 0.0116. The van der Waals surface area contributed by atoms with Crippen LogP contribution in [-0.4, -0.2) is 50.9 Å². The summed E-state index contributed by atoms with van der Waals surface area (Å²) in [6.45, 7) is 10.5. The van der Waals surface area contributed by atoms with E-state index in [-0.39, 0.29) is 6.10 Å². The molecule has 0 amide bonds. The van der Waals surface area contributed by atoms with Crippen LogP contribution in [0.25, 0.3) is 0 Å². The second-order valence-electron chi connectivity index (χ2n) is 5.62. The van der Waals surface area contributed by atoms with Crippen LogP contribution in [0.5, 0.6) is 0 Å². The van der Waals surface area contributed by atoms with Crippen molar-refractivity contribution in [3.63, 3.8) is 0 Å². The Labute approximate surface area is 124 Å². The molecule has 0 heterocycles. The largest absolute Gasteiger partial charge is 0.393 e. The monoisotopic (exact) mass is 290 g/mol. The molecule has 0 saturated carbocycles. The molecule has 1 unspecified atom stereocenters. The summed E-state index contributed by atoms with van der Waals surface area (Å²) in [4.78, 5) is 0. The second-order valence-corrected chi connectivity index (χ2v) is 5.62. The van der Waals surface area contributed by atoms with E-state index in [4.69, 9.17) is 14.2 Å². The minimum Gasteiger partial charge on any atom is -0.393 e. The summed E-state index contributed by atoms with van der Waals surface area (Å²) in [5.41, 5.74) is 0. The summed E-state index contributed by atoms with van der Waals surface area (Å²) in [6, 6.07) is 0. The van der Waals surface area contributed by atoms with Crippen molar-refractivity contribution in [3.8, 4) is 0 Å². The first-order valence-corrected chi connectivity index (χ1v) is 8.08. The summed E-state index contributed by atoms with van der Waals surface area (Å²) >= 11 is 0. The van der Waals surface area contributed by atoms with Gasteiger partial charge in [-0.05, 0) is 31.6 Å². The molecule has 0 saturated heterocycles. The number of rotatable bonds is 15. The zero-order chi connectivity index (χ0) is 15.1. The van der Waals surface area contributed by atoms with Gasteiger partial charge in [0.05, 0.1) is 32.5 Å². The average Bonchev–Trinajstić information content (AvgIpc) is 2.39. The normalized spacial score (nSPS) is 13.1. The van der Waals surface area contributed by atoms with Gasteiger partial charge in [0, 0.05) is 13.2 Å². The molecular formula is C16H34O4. The molecule has 0 rings (SSSR count). The molecule has 0 aromatic rings. The molecule has 0 aromatic heterocycles. The number of hydrogen-bond donors (Lipinski definition) is 1. The van der Waals surface area contributed by atoms with Gasteiger partial charge in [-0.25, -0.2) is 0 Å². The van der Waals surface area contributed by atoms with Crippen LogP contribution < -0.4 is 0 Å². The van der Waals surface area contributed by atoms with Crippen molar-refractivity contribution in [2.75, 3.05) is 39.6 Å². The number of ether oxygens (including phenoxy) is 3. The van der Waals surface area contributed by atoms with Gasteiger partial charge in [-0.2, -0.15) is 0 Å². The van der Waals surface area contributed by atoms with E-state index < -0.39 is 0 Å². The highest BCUT2D eigenvalue weighted by atomic mass is 16.5. The van der Waals surface area contributed by atoms with Crippen molar-refractivity contribution in [1.29, 1.82) is 0 Å². The maximum Gasteiger partial charge on any atom is 0.0701 e. The molecule has 0 bridgehead atoms. The van der Waals surface area contributed by atoms with Crippen LogP contribution in [0, 0.1) is 5.92 Å². The van der Waals surface area contributed by atoms with Gasteiger partial charge >= 0.3 is 0 Å². The van der Waals surface area contributed by atoms with Crippen molar-refractivity contribution in [2.24, 2.45) is 5.92 Å². The Morgan fingerprint density at radius 1 is 0.800 bits per heavy atom. The van der Waals surface area contributed by atoms with Gasteiger partial charge in [-0.15, -0.1) is 0 Å². The van der Waals surface area contributed by atoms with Gasteiger partial charge in [0.2, 0.25) is 0 Å². The molecule has 0 aliphatic rings. The zero-order valence-electron chi connectivity index (χ0n) is 13.6. The molecule has 0 radical (unpaired) electrons. The molecule has 122 valence electrons. The highest BCUT2D eigenvalue weighted by molar-refractivity contribution is 4.58. The lowest BCUT2D eigenvalue weighted by Crippen LogP contribution is -2.13. The Balaban J connectivity index is 3.06. The summed E-state index contributed by atoms with van der Waals surface area (Å²) in [7, 11) is 0. The SMILES string of the molecule is CCCCOCCOCCOCCCC(O)CC(C)C. The van der Waals surface area contributed by atoms with Gasteiger partial charge in [0.1, 0.15) is 0 Å². The van der Waals surface area contributed by atoms with Gasteiger partial charge < -0.3 is 19.3 Å². The highest BCUT2D eigenvalue weighted by Gasteiger charge is 2.06. The summed E-state index contributed by atoms with van der Waals surface area (Å²) in [5.74, 6) is 0.555. The van der Waals surface area contributed by atoms with Gasteiger partial charge in [0.25, 0.3) is 0 Å². The maximum absolute atomic E-state index is 9.69. The molecule has 4 heteroatoms. The van der Waals surface area contributed by atoms with E-state index >= 15 is 0 Å². The fourth-order valence-electron chi connectivity index (χ4n) is 1.87. The third-order valence-corrected chi connectivity index (χ3v) is 2.96. The summed E-state index contributed by atoms with van der Waals surface area (Å²) in [5, 5.41) is 9.69. The minimum atomic E-state index is -0.185. The van der Waals surface area contributed by atoms with Crippen molar-refractivity contribution in [2.45, 2.75) is 59.0 Å². The number of unbranched alkanes of at least 4 members (excludes halogenated alkanes) is 1. The minimum absolute atomic E-state index is 0.185. The van der Waals surface area contributed by atoms with Gasteiger partial charge in [-0.3, -0.25) is 0 Å². The van der Waals surface area contributed by atoms with E-state index in [9.17, 15) is 5.11 Å². The fraction of sp³-hybridized carbons (Fsp3) is 1.00. The molecule has 0 aromatic carbocycles. The van der Waals surface area contributed by atoms with E-state index in [0.717, 1.165) is 32.3 Å². The smallest absolute Gasteiger partial charge is 0.0701 e. The van der Waals surface area contributed by atoms with E-state index in [1.165, 1.54) is 6.42 Å². The molecular weight excluding hydrogens is 256 g/mol. The highest BCUT2D eigenvalue weighted by Crippen LogP contribution is 2.09. The molecule has 1 N–H and O–H groups in total. The fourth-order valence-corrected chi connectivity index (χ4v) is 1.87. The van der Waals surface area contributed by atoms with E-state index in [0.29, 0.717) is 39.0 Å². The van der Waals surface area contributed by atoms with Crippen molar-refractivity contribution < 1.29 is 19.3 Å². The molecule has 20 heavy (non-hydrogen) atoms. The number of hydrogen-bond acceptors (Lipinski definition) is 4. The van der Waals surface area contributed by atoms with Crippen LogP contribution in [0.15, 0.2) is 0 Å². The van der Waals surface area contributed by atoms with E-state index in [2.05, 4.69) is 20.8 Å². The van der Waals surface area contributed by atoms with Crippen molar-refractivity contribution in [3.05, 3.63) is 0 Å². The molecule has 0 aliphatic heterocycles. The van der Waals surface area contributed by atoms with Crippen LogP contribution in [0.2, 0.25) is 0 Å². The Morgan fingerprint density at radius 2 is 1.30 bits per heavy atom. The number of aliphatic hydroxyl groups excluding tert-OH is 1. The van der Waals surface area contributed by atoms with E-state index in [1.807, 2.05) is 0 Å². The maximum atomic E-state index is 9.69. The third kappa shape index (κ3) is 15.9. The standard InChI is InChI=1S/C16H34O4/c1-4-5-8-18-10-12-20-13-11-19-9-6-7-16(17)14-15(2)3/h15-17H,4-14H2,1-3H3. The third-order valence-electron chi connectivity index (χ3n) is 2.96. The summed E-state index contributed by atoms with van der Waals surface area (Å²) < 4.78 is 16.2. The summed E-state index contributed by atoms with van der Waals surface area (Å²) in [6.07, 6.45) is 4.71. The average molecular weight is 290 g/mol. The van der Waals surface area contributed by atoms with E-state index in [1.54, 1.807) is 0 Å². The molecule has 1 atom stereocenters. The van der Waals surface area contributed by atoms with Crippen molar-refractivity contribution in [1.82, 2.24) is 0 Å². The molecule has 4 nitrogen and oxygen atoms in total. The Bertz CT molecular complexity index is 185. The zero-order valence-corrected chi connectivity index (χ0v) is 13.6. The molecule has 0 fully saturated rings. The predicted octanol–water partition coefficient (Wildman–Crippen LogP) is 3.02. The predicted molar refractivity (Wildman–Crippen MR) is 82.1 cm³/mol. The Kier molecular flexibility index (Phi) is 15.1. The van der Waals surface area contributed by atoms with Crippen LogP contribution in [-0.2, 0) is 14.2 Å². The lowest BCUT2D eigenvalue weighted by atomic mass is 10.0. The number of aliphatic hydroxyl groups is 1. The Hall–Kier alpha value is -0.160. The second kappa shape index (κ2) is 15.2. The van der Waals surface area contributed by atoms with Crippen molar-refractivity contribution >= 4 is 0 Å². The first kappa shape index (κ1) is 19.8. The lowest BCUT2D eigenvalue weighted by Gasteiger charge is -2.12. The quantitative estimate of drug-likeness (QED) is 0.471. The first-order chi connectivity index (χ1) is 9.66. The van der Waals surface area contributed by atoms with Gasteiger partial charge in [0.15, 0.2) is 0 Å². The first-order valence-electron chi connectivity index (χ1n) is 8.08. The van der Waals surface area contributed by atoms with Crippen LogP contribution in [0.3, 0.4) is 0 Å². The topological polar surface area (TPSA) is 47.9 Å². The van der Waals surface area contributed by atoms with Crippen LogP contribution in [0.4, 0.5) is 0 Å². The van der Waals surface area contributed by atoms with Crippen LogP contribution >= 0.6 is 0 Å². The van der Waals surface area contributed by atoms with Crippen LogP contribution in [0.1, 0.15) is 52.9 Å². The Morgan fingerprint density at radius 3 is 1.80 bits per heavy atom. The molecule has 0 spiro atoms. The van der Waals surface area contributed by atoms with Gasteiger partial charge in [-0.1, -0.05) is 27.2 Å². The molecule has 0 aliphatic carbocycles.